The maximum Gasteiger partial charge on any atom is 0.142 e. The number of hydrogen-bond donors (Lipinski definition) is 1. The van der Waals surface area contributed by atoms with E-state index in [1.165, 1.54) is 58.0 Å². The average Bonchev–Trinajstić information content (AvgIpc) is 3.37. The van der Waals surface area contributed by atoms with Crippen LogP contribution in [-0.2, 0) is 6.54 Å². The summed E-state index contributed by atoms with van der Waals surface area (Å²) in [6, 6.07) is 2.60. The van der Waals surface area contributed by atoms with E-state index in [-0.39, 0.29) is 0 Å². The summed E-state index contributed by atoms with van der Waals surface area (Å²) >= 11 is 0. The minimum absolute atomic E-state index is 0.364. The van der Waals surface area contributed by atoms with E-state index in [0.29, 0.717) is 11.6 Å². The summed E-state index contributed by atoms with van der Waals surface area (Å²) in [7, 11) is 0. The quantitative estimate of drug-likeness (QED) is 0.926. The van der Waals surface area contributed by atoms with Crippen molar-refractivity contribution in [2.24, 2.45) is 5.92 Å². The largest absolute Gasteiger partial charge is 0.311 e. The Labute approximate surface area is 127 Å². The molecule has 0 bridgehead atoms. The lowest BCUT2D eigenvalue weighted by atomic mass is 9.78. The molecule has 0 amide bonds. The van der Waals surface area contributed by atoms with Gasteiger partial charge in [0.25, 0.3) is 0 Å². The van der Waals surface area contributed by atoms with Crippen molar-refractivity contribution in [2.75, 3.05) is 13.1 Å². The maximum absolute atomic E-state index is 4.46. The molecule has 3 fully saturated rings. The van der Waals surface area contributed by atoms with Gasteiger partial charge in [-0.2, -0.15) is 0 Å². The van der Waals surface area contributed by atoms with Crippen LogP contribution in [0.5, 0.6) is 0 Å². The first-order valence-electron chi connectivity index (χ1n) is 8.60. The van der Waals surface area contributed by atoms with Gasteiger partial charge in [0.2, 0.25) is 0 Å². The highest BCUT2D eigenvalue weighted by Crippen LogP contribution is 2.40. The van der Waals surface area contributed by atoms with Gasteiger partial charge in [-0.15, -0.1) is 0 Å². The first-order chi connectivity index (χ1) is 10.4. The van der Waals surface area contributed by atoms with Gasteiger partial charge in [-0.3, -0.25) is 4.90 Å². The first kappa shape index (κ1) is 13.6. The van der Waals surface area contributed by atoms with Crippen LogP contribution >= 0.6 is 0 Å². The molecule has 1 N–H and O–H groups in total. The van der Waals surface area contributed by atoms with Gasteiger partial charge in [0.1, 0.15) is 5.82 Å². The molecular formula is C17H26N4. The van der Waals surface area contributed by atoms with Crippen LogP contribution < -0.4 is 5.32 Å². The molecule has 0 aromatic carbocycles. The molecule has 114 valence electrons. The van der Waals surface area contributed by atoms with Crippen molar-refractivity contribution in [1.82, 2.24) is 20.2 Å². The summed E-state index contributed by atoms with van der Waals surface area (Å²) < 4.78 is 0. The summed E-state index contributed by atoms with van der Waals surface area (Å²) in [6.45, 7) is 3.27. The molecule has 2 saturated carbocycles. The molecule has 1 unspecified atom stereocenters. The van der Waals surface area contributed by atoms with Crippen LogP contribution in [0.25, 0.3) is 0 Å². The van der Waals surface area contributed by atoms with Crippen LogP contribution in [0.1, 0.15) is 50.8 Å². The molecule has 4 nitrogen and oxygen atoms in total. The monoisotopic (exact) mass is 286 g/mol. The van der Waals surface area contributed by atoms with Crippen molar-refractivity contribution >= 4 is 0 Å². The Hall–Kier alpha value is -1.00. The predicted octanol–water partition coefficient (Wildman–Crippen LogP) is 2.36. The van der Waals surface area contributed by atoms with Crippen molar-refractivity contribution in [3.05, 3.63) is 24.3 Å². The minimum atomic E-state index is 0.364. The molecule has 4 rings (SSSR count). The van der Waals surface area contributed by atoms with Gasteiger partial charge in [-0.25, -0.2) is 9.97 Å². The van der Waals surface area contributed by atoms with Gasteiger partial charge in [0.15, 0.2) is 0 Å². The second-order valence-electron chi connectivity index (χ2n) is 7.16. The van der Waals surface area contributed by atoms with E-state index in [0.717, 1.165) is 18.3 Å². The molecule has 2 aliphatic carbocycles. The number of aromatic nitrogens is 2. The summed E-state index contributed by atoms with van der Waals surface area (Å²) in [5.74, 6) is 1.91. The van der Waals surface area contributed by atoms with E-state index in [2.05, 4.69) is 20.2 Å². The predicted molar refractivity (Wildman–Crippen MR) is 82.8 cm³/mol. The van der Waals surface area contributed by atoms with E-state index in [1.54, 1.807) is 0 Å². The lowest BCUT2D eigenvalue weighted by Crippen LogP contribution is -2.65. The number of nitrogens with one attached hydrogen (secondary N) is 1. The van der Waals surface area contributed by atoms with Crippen LogP contribution in [0.15, 0.2) is 18.5 Å². The van der Waals surface area contributed by atoms with Gasteiger partial charge < -0.3 is 5.32 Å². The molecule has 2 heterocycles. The zero-order valence-corrected chi connectivity index (χ0v) is 12.8. The van der Waals surface area contributed by atoms with Crippen LogP contribution in [0.4, 0.5) is 0 Å². The van der Waals surface area contributed by atoms with Gasteiger partial charge in [0.05, 0.1) is 6.54 Å². The summed E-state index contributed by atoms with van der Waals surface area (Å²) in [5, 5.41) is 3.87. The molecule has 21 heavy (non-hydrogen) atoms. The molecular weight excluding hydrogens is 260 g/mol. The third-order valence-corrected chi connectivity index (χ3v) is 5.71. The van der Waals surface area contributed by atoms with Crippen molar-refractivity contribution in [1.29, 1.82) is 0 Å². The maximum atomic E-state index is 4.46. The fraction of sp³-hybridized carbons (Fsp3) is 0.765. The lowest BCUT2D eigenvalue weighted by Gasteiger charge is -2.52. The van der Waals surface area contributed by atoms with E-state index in [4.69, 9.17) is 0 Å². The highest BCUT2D eigenvalue weighted by molar-refractivity contribution is 5.05. The molecule has 1 spiro atoms. The summed E-state index contributed by atoms with van der Waals surface area (Å²) in [4.78, 5) is 11.6. The number of nitrogens with zero attached hydrogens (tertiary/aromatic N) is 3. The van der Waals surface area contributed by atoms with Crippen molar-refractivity contribution in [3.8, 4) is 0 Å². The second-order valence-corrected chi connectivity index (χ2v) is 7.16. The fourth-order valence-corrected chi connectivity index (χ4v) is 4.26. The normalized spacial score (nSPS) is 29.6. The topological polar surface area (TPSA) is 41.1 Å². The van der Waals surface area contributed by atoms with Gasteiger partial charge >= 0.3 is 0 Å². The summed E-state index contributed by atoms with van der Waals surface area (Å²) in [5.41, 5.74) is 0.364. The van der Waals surface area contributed by atoms with Crippen LogP contribution in [0, 0.1) is 5.92 Å². The van der Waals surface area contributed by atoms with E-state index < -0.39 is 0 Å². The molecule has 3 aliphatic rings. The Morgan fingerprint density at radius 1 is 1.14 bits per heavy atom. The number of piperazine rings is 1. The zero-order valence-electron chi connectivity index (χ0n) is 12.8. The van der Waals surface area contributed by atoms with Crippen molar-refractivity contribution in [3.63, 3.8) is 0 Å². The van der Waals surface area contributed by atoms with Crippen LogP contribution in [0.2, 0.25) is 0 Å². The smallest absolute Gasteiger partial charge is 0.142 e. The molecule has 0 radical (unpaired) electrons. The second kappa shape index (κ2) is 5.65. The SMILES string of the molecule is c1cnc(CN2CC(C3CC3)NCC23CCCCC3)nc1. The Balaban J connectivity index is 1.54. The Kier molecular flexibility index (Phi) is 3.67. The van der Waals surface area contributed by atoms with Crippen molar-refractivity contribution in [2.45, 2.75) is 63.1 Å². The molecule has 1 aromatic rings. The zero-order chi connectivity index (χ0) is 14.1. The van der Waals surface area contributed by atoms with E-state index in [1.807, 2.05) is 18.5 Å². The minimum Gasteiger partial charge on any atom is -0.311 e. The Morgan fingerprint density at radius 3 is 2.62 bits per heavy atom. The molecule has 4 heteroatoms. The molecule has 1 atom stereocenters. The van der Waals surface area contributed by atoms with E-state index >= 15 is 0 Å². The van der Waals surface area contributed by atoms with E-state index in [9.17, 15) is 0 Å². The standard InChI is InChI=1S/C17H26N4/c1-2-7-17(8-3-1)13-20-15(14-5-6-14)11-21(17)12-16-18-9-4-10-19-16/h4,9-10,14-15,20H,1-3,5-8,11-13H2. The lowest BCUT2D eigenvalue weighted by molar-refractivity contribution is -0.00205. The van der Waals surface area contributed by atoms with Crippen LogP contribution in [0.3, 0.4) is 0 Å². The Morgan fingerprint density at radius 2 is 1.90 bits per heavy atom. The molecule has 1 saturated heterocycles. The molecule has 1 aromatic heterocycles. The van der Waals surface area contributed by atoms with Crippen LogP contribution in [-0.4, -0.2) is 39.5 Å². The third kappa shape index (κ3) is 2.84. The van der Waals surface area contributed by atoms with Gasteiger partial charge in [0, 0.05) is 37.1 Å². The van der Waals surface area contributed by atoms with Crippen molar-refractivity contribution < 1.29 is 0 Å². The first-order valence-corrected chi connectivity index (χ1v) is 8.60. The third-order valence-electron chi connectivity index (χ3n) is 5.71. The van der Waals surface area contributed by atoms with Gasteiger partial charge in [-0.05, 0) is 37.7 Å². The highest BCUT2D eigenvalue weighted by atomic mass is 15.3. The summed E-state index contributed by atoms with van der Waals surface area (Å²) in [6.07, 6.45) is 13.4. The average molecular weight is 286 g/mol. The van der Waals surface area contributed by atoms with Gasteiger partial charge in [-0.1, -0.05) is 19.3 Å². The highest BCUT2D eigenvalue weighted by Gasteiger charge is 2.45. The molecule has 1 aliphatic heterocycles. The fourth-order valence-electron chi connectivity index (χ4n) is 4.26. The number of hydrogen-bond acceptors (Lipinski definition) is 4. The Bertz CT molecular complexity index is 465. The number of rotatable bonds is 3.